The zero-order valence-corrected chi connectivity index (χ0v) is 17.1. The molecule has 0 atom stereocenters. The van der Waals surface area contributed by atoms with Crippen molar-refractivity contribution in [3.05, 3.63) is 40.5 Å². The van der Waals surface area contributed by atoms with Crippen molar-refractivity contribution in [2.45, 2.75) is 44.9 Å². The molecule has 138 valence electrons. The predicted octanol–water partition coefficient (Wildman–Crippen LogP) is 3.72. The molecule has 0 amide bonds. The first kappa shape index (κ1) is 19.9. The summed E-state index contributed by atoms with van der Waals surface area (Å²) in [7, 11) is -2.16. The number of rotatable bonds is 8. The fourth-order valence-electron chi connectivity index (χ4n) is 2.75. The average Bonchev–Trinajstić information content (AvgIpc) is 3.14. The predicted molar refractivity (Wildman–Crippen MR) is 102 cm³/mol. The van der Waals surface area contributed by atoms with Crippen molar-refractivity contribution in [2.24, 2.45) is 5.92 Å². The monoisotopic (exact) mass is 382 g/mol. The maximum absolute atomic E-state index is 12.7. The van der Waals surface area contributed by atoms with E-state index >= 15 is 0 Å². The van der Waals surface area contributed by atoms with E-state index in [9.17, 15) is 13.2 Å². The minimum absolute atomic E-state index is 0.158. The number of hydrogen-bond acceptors (Lipinski definition) is 4. The molecule has 7 heteroatoms. The number of likely N-dealkylation sites (N-methyl/N-ethyl adjacent to an activating group) is 1. The zero-order chi connectivity index (χ0) is 18.8. The number of carbonyl (C=O) groups excluding carboxylic acids is 1. The molecule has 25 heavy (non-hydrogen) atoms. The molecule has 0 aromatic carbocycles. The Morgan fingerprint density at radius 1 is 1.32 bits per heavy atom. The van der Waals surface area contributed by atoms with Gasteiger partial charge in [0.1, 0.15) is 4.21 Å². The number of sulfonamides is 1. The van der Waals surface area contributed by atoms with Crippen LogP contribution in [0.5, 0.6) is 0 Å². The molecular weight excluding hydrogens is 356 g/mol. The molecule has 0 saturated carbocycles. The van der Waals surface area contributed by atoms with Crippen LogP contribution in [0.1, 0.15) is 42.0 Å². The molecule has 2 heterocycles. The van der Waals surface area contributed by atoms with E-state index in [-0.39, 0.29) is 16.5 Å². The Kier molecular flexibility index (Phi) is 6.24. The van der Waals surface area contributed by atoms with Gasteiger partial charge in [-0.3, -0.25) is 4.79 Å². The van der Waals surface area contributed by atoms with Crippen molar-refractivity contribution in [3.63, 3.8) is 0 Å². The van der Waals surface area contributed by atoms with Gasteiger partial charge < -0.3 is 4.57 Å². The zero-order valence-electron chi connectivity index (χ0n) is 15.4. The van der Waals surface area contributed by atoms with Crippen LogP contribution in [-0.4, -0.2) is 36.7 Å². The van der Waals surface area contributed by atoms with Crippen molar-refractivity contribution >= 4 is 27.1 Å². The van der Waals surface area contributed by atoms with Gasteiger partial charge in [-0.25, -0.2) is 8.42 Å². The third kappa shape index (κ3) is 4.40. The SMILES string of the molecule is Cc1cc(C(=O)CN(C)S(=O)(=O)c2cccs2)c(C)n1CCC(C)C. The van der Waals surface area contributed by atoms with Gasteiger partial charge in [0.05, 0.1) is 6.54 Å². The Balaban J connectivity index is 2.17. The molecule has 0 saturated heterocycles. The second kappa shape index (κ2) is 7.85. The highest BCUT2D eigenvalue weighted by atomic mass is 32.2. The molecular formula is C18H26N2O3S2. The van der Waals surface area contributed by atoms with Gasteiger partial charge in [-0.2, -0.15) is 4.31 Å². The molecule has 5 nitrogen and oxygen atoms in total. The molecule has 0 spiro atoms. The van der Waals surface area contributed by atoms with Crippen molar-refractivity contribution in [2.75, 3.05) is 13.6 Å². The van der Waals surface area contributed by atoms with E-state index in [1.807, 2.05) is 19.9 Å². The highest BCUT2D eigenvalue weighted by molar-refractivity contribution is 7.91. The second-order valence-electron chi connectivity index (χ2n) is 6.74. The lowest BCUT2D eigenvalue weighted by Crippen LogP contribution is -2.32. The van der Waals surface area contributed by atoms with E-state index in [1.165, 1.54) is 7.05 Å². The van der Waals surface area contributed by atoms with Crippen LogP contribution in [-0.2, 0) is 16.6 Å². The molecule has 2 rings (SSSR count). The van der Waals surface area contributed by atoms with Crippen LogP contribution in [0.3, 0.4) is 0 Å². The maximum atomic E-state index is 12.7. The lowest BCUT2D eigenvalue weighted by atomic mass is 10.1. The molecule has 0 aliphatic carbocycles. The molecule has 0 unspecified atom stereocenters. The van der Waals surface area contributed by atoms with E-state index in [4.69, 9.17) is 0 Å². The second-order valence-corrected chi connectivity index (χ2v) is 9.95. The first-order valence-corrected chi connectivity index (χ1v) is 10.7. The Hall–Kier alpha value is -1.44. The first-order chi connectivity index (χ1) is 11.6. The highest BCUT2D eigenvalue weighted by Gasteiger charge is 2.25. The maximum Gasteiger partial charge on any atom is 0.252 e. The Labute approximate surface area is 154 Å². The number of ketones is 1. The largest absolute Gasteiger partial charge is 0.348 e. The number of carbonyl (C=O) groups is 1. The summed E-state index contributed by atoms with van der Waals surface area (Å²) in [5.74, 6) is 0.411. The number of Topliss-reactive ketones (excluding diaryl/α,β-unsaturated/α-hetero) is 1. The van der Waals surface area contributed by atoms with Crippen LogP contribution in [0.4, 0.5) is 0 Å². The molecule has 0 N–H and O–H groups in total. The van der Waals surface area contributed by atoms with Gasteiger partial charge in [0, 0.05) is 30.5 Å². The summed E-state index contributed by atoms with van der Waals surface area (Å²) in [6, 6.07) is 5.11. The highest BCUT2D eigenvalue weighted by Crippen LogP contribution is 2.22. The van der Waals surface area contributed by atoms with Gasteiger partial charge in [0.15, 0.2) is 5.78 Å². The number of aromatic nitrogens is 1. The Morgan fingerprint density at radius 2 is 2.00 bits per heavy atom. The summed E-state index contributed by atoms with van der Waals surface area (Å²) in [5, 5.41) is 1.71. The minimum Gasteiger partial charge on any atom is -0.348 e. The van der Waals surface area contributed by atoms with Gasteiger partial charge in [-0.15, -0.1) is 11.3 Å². The number of thiophene rings is 1. The molecule has 0 bridgehead atoms. The van der Waals surface area contributed by atoms with E-state index in [2.05, 4.69) is 18.4 Å². The topological polar surface area (TPSA) is 59.4 Å². The third-order valence-corrected chi connectivity index (χ3v) is 7.51. The number of aryl methyl sites for hydroxylation is 1. The van der Waals surface area contributed by atoms with Gasteiger partial charge in [-0.1, -0.05) is 19.9 Å². The summed E-state index contributed by atoms with van der Waals surface area (Å²) >= 11 is 1.16. The van der Waals surface area contributed by atoms with Crippen LogP contribution in [0.2, 0.25) is 0 Å². The molecule has 2 aromatic rings. The van der Waals surface area contributed by atoms with Crippen LogP contribution in [0.25, 0.3) is 0 Å². The molecule has 2 aromatic heterocycles. The van der Waals surface area contributed by atoms with Crippen LogP contribution in [0.15, 0.2) is 27.8 Å². The lowest BCUT2D eigenvalue weighted by Gasteiger charge is -2.15. The van der Waals surface area contributed by atoms with E-state index in [0.717, 1.165) is 40.0 Å². The van der Waals surface area contributed by atoms with Gasteiger partial charge in [0.25, 0.3) is 10.0 Å². The summed E-state index contributed by atoms with van der Waals surface area (Å²) in [6.07, 6.45) is 1.04. The van der Waals surface area contributed by atoms with Crippen LogP contribution in [0, 0.1) is 19.8 Å². The molecule has 0 aliphatic heterocycles. The van der Waals surface area contributed by atoms with E-state index in [1.54, 1.807) is 17.5 Å². The van der Waals surface area contributed by atoms with Crippen molar-refractivity contribution in [3.8, 4) is 0 Å². The standard InChI is InChI=1S/C18H26N2O3S2/c1-13(2)8-9-20-14(3)11-16(15(20)4)17(21)12-19(5)25(22,23)18-7-6-10-24-18/h6-7,10-11,13H,8-9,12H2,1-5H3. The third-order valence-electron chi connectivity index (χ3n) is 4.33. The van der Waals surface area contributed by atoms with E-state index < -0.39 is 10.0 Å². The Bertz CT molecular complexity index is 834. The summed E-state index contributed by atoms with van der Waals surface area (Å²) in [4.78, 5) is 12.7. The number of nitrogens with zero attached hydrogens (tertiary/aromatic N) is 2. The van der Waals surface area contributed by atoms with Gasteiger partial charge in [-0.05, 0) is 43.7 Å². The van der Waals surface area contributed by atoms with Crippen LogP contribution >= 0.6 is 11.3 Å². The summed E-state index contributed by atoms with van der Waals surface area (Å²) < 4.78 is 28.5. The molecule has 0 radical (unpaired) electrons. The van der Waals surface area contributed by atoms with Gasteiger partial charge >= 0.3 is 0 Å². The van der Waals surface area contributed by atoms with Crippen molar-refractivity contribution in [1.29, 1.82) is 0 Å². The van der Waals surface area contributed by atoms with E-state index in [0.29, 0.717) is 11.5 Å². The van der Waals surface area contributed by atoms with Crippen molar-refractivity contribution in [1.82, 2.24) is 8.87 Å². The summed E-state index contributed by atoms with van der Waals surface area (Å²) in [5.41, 5.74) is 2.55. The fourth-order valence-corrected chi connectivity index (χ4v) is 5.08. The average molecular weight is 383 g/mol. The smallest absolute Gasteiger partial charge is 0.252 e. The van der Waals surface area contributed by atoms with Crippen molar-refractivity contribution < 1.29 is 13.2 Å². The number of hydrogen-bond donors (Lipinski definition) is 0. The Morgan fingerprint density at radius 3 is 2.56 bits per heavy atom. The molecule has 0 aliphatic rings. The summed E-state index contributed by atoms with van der Waals surface area (Å²) in [6.45, 7) is 8.96. The lowest BCUT2D eigenvalue weighted by molar-refractivity contribution is 0.0972. The fraction of sp³-hybridized carbons (Fsp3) is 0.500. The normalized spacial score (nSPS) is 12.3. The minimum atomic E-state index is -3.61. The van der Waals surface area contributed by atoms with Gasteiger partial charge in [0.2, 0.25) is 0 Å². The van der Waals surface area contributed by atoms with Crippen LogP contribution < -0.4 is 0 Å². The molecule has 0 fully saturated rings. The first-order valence-electron chi connectivity index (χ1n) is 8.34. The quantitative estimate of drug-likeness (QED) is 0.654.